The van der Waals surface area contributed by atoms with Crippen LogP contribution >= 0.6 is 0 Å². The first-order valence-corrected chi connectivity index (χ1v) is 30.4. The zero-order chi connectivity index (χ0) is 75.3. The molecule has 28 heteroatoms. The fraction of sp³-hybridized carbons (Fsp3) is 0.197. The molecular weight excluding hydrogens is 1450 g/mol. The fourth-order valence-electron chi connectivity index (χ4n) is 7.86. The molecule has 104 heavy (non-hydrogen) atoms. The van der Waals surface area contributed by atoms with Gasteiger partial charge in [0.2, 0.25) is 10.9 Å². The maximum Gasteiger partial charge on any atom is 1.00 e. The van der Waals surface area contributed by atoms with Gasteiger partial charge in [0, 0.05) is 0 Å². The Bertz CT molecular complexity index is 4280. The van der Waals surface area contributed by atoms with Crippen LogP contribution in [0.15, 0.2) is 204 Å². The fourth-order valence-corrected chi connectivity index (χ4v) is 7.86. The summed E-state index contributed by atoms with van der Waals surface area (Å²) in [5.41, 5.74) is 6.16. The molecule has 7 aromatic carbocycles. The summed E-state index contributed by atoms with van der Waals surface area (Å²) in [7, 11) is 0. The normalized spacial score (nSPS) is 9.05. The van der Waals surface area contributed by atoms with Crippen molar-refractivity contribution >= 4 is 88.0 Å². The molecule has 532 valence electrons. The quantitative estimate of drug-likeness (QED) is 0.0110. The Morgan fingerprint density at radius 2 is 0.750 bits per heavy atom. The molecule has 0 spiro atoms. The van der Waals surface area contributed by atoms with Gasteiger partial charge < -0.3 is 66.3 Å². The van der Waals surface area contributed by atoms with Crippen molar-refractivity contribution in [3.8, 4) is 23.0 Å². The van der Waals surface area contributed by atoms with Crippen molar-refractivity contribution in [1.82, 2.24) is 0 Å². The van der Waals surface area contributed by atoms with Crippen LogP contribution in [0.4, 0.5) is 0 Å². The van der Waals surface area contributed by atoms with Gasteiger partial charge in [-0.05, 0) is 151 Å². The Hall–Kier alpha value is -5.86. The van der Waals surface area contributed by atoms with Gasteiger partial charge in [-0.15, -0.1) is 0 Å². The summed E-state index contributed by atoms with van der Waals surface area (Å²) in [6.45, 7) is 19.8. The Morgan fingerprint density at radius 3 is 1.08 bits per heavy atom. The molecule has 0 radical (unpaired) electrons. The SMILES string of the molecule is CC.CC(=O)c1cc(C)ccc1O.CC(=O)c1cc(O)ccc1O.CCOC(=O)C(=Cc1coc2ccc(C)cc2c1=O)C(=O)OCC.CCc1ccccc1.CCc1ccccc1.Cc1ccc2occ(C=O)c(=O)c2c1.O=CO[O-].O=CO[O-].O=Cc1coc2ccc(O)cc2c1=O.[H-].[H-].[K+].[K+].[K+].[K+]. The van der Waals surface area contributed by atoms with E-state index in [0.29, 0.717) is 45.7 Å². The van der Waals surface area contributed by atoms with Gasteiger partial charge in [-0.1, -0.05) is 123 Å². The number of hydrogen-bond donors (Lipinski definition) is 4. The largest absolute Gasteiger partial charge is 1.00 e. The number of carbonyl (C=O) groups excluding carboxylic acids is 8. The number of phenolic OH excluding ortho intramolecular Hbond substituents is 4. The van der Waals surface area contributed by atoms with Crippen LogP contribution in [0.1, 0.15) is 133 Å². The van der Waals surface area contributed by atoms with Crippen LogP contribution in [-0.4, -0.2) is 82.7 Å². The number of esters is 2. The van der Waals surface area contributed by atoms with Gasteiger partial charge in [-0.3, -0.25) is 43.2 Å². The number of hydrogen-bond acceptors (Lipinski definition) is 24. The molecule has 0 aliphatic heterocycles. The van der Waals surface area contributed by atoms with Crippen LogP contribution in [0.25, 0.3) is 39.0 Å². The molecule has 0 unspecified atom stereocenters. The second-order valence-electron chi connectivity index (χ2n) is 19.9. The van der Waals surface area contributed by atoms with Crippen molar-refractivity contribution in [2.24, 2.45) is 0 Å². The number of rotatable bonds is 13. The number of aldehydes is 2. The smallest absolute Gasteiger partial charge is 1.00 e. The third-order valence-corrected chi connectivity index (χ3v) is 12.7. The number of phenols is 4. The van der Waals surface area contributed by atoms with E-state index in [1.165, 1.54) is 80.0 Å². The van der Waals surface area contributed by atoms with E-state index in [1.807, 2.05) is 58.9 Å². The average Bonchev–Trinajstić information content (AvgIpc) is 0.821. The molecule has 10 aromatic rings. The summed E-state index contributed by atoms with van der Waals surface area (Å²) < 4.78 is 25.3. The third kappa shape index (κ3) is 38.6. The van der Waals surface area contributed by atoms with E-state index in [4.69, 9.17) is 58.1 Å². The zero-order valence-corrected chi connectivity index (χ0v) is 73.3. The van der Waals surface area contributed by atoms with Crippen LogP contribution < -0.4 is 232 Å². The summed E-state index contributed by atoms with van der Waals surface area (Å²) in [5, 5.41) is 54.2. The molecule has 0 aliphatic carbocycles. The second-order valence-corrected chi connectivity index (χ2v) is 19.9. The van der Waals surface area contributed by atoms with Gasteiger partial charge >= 0.3 is 217 Å². The number of aromatic hydroxyl groups is 4. The number of carbonyl (C=O) groups is 8. The van der Waals surface area contributed by atoms with Crippen molar-refractivity contribution in [2.75, 3.05) is 13.2 Å². The van der Waals surface area contributed by atoms with E-state index in [2.05, 4.69) is 72.2 Å². The van der Waals surface area contributed by atoms with E-state index < -0.39 is 17.4 Å². The maximum absolute atomic E-state index is 12.6. The van der Waals surface area contributed by atoms with Crippen LogP contribution in [0.5, 0.6) is 23.0 Å². The van der Waals surface area contributed by atoms with Crippen molar-refractivity contribution in [3.05, 3.63) is 262 Å². The van der Waals surface area contributed by atoms with Crippen molar-refractivity contribution in [3.63, 3.8) is 0 Å². The molecule has 0 amide bonds. The number of fused-ring (bicyclic) bond motifs is 3. The maximum atomic E-state index is 12.6. The third-order valence-electron chi connectivity index (χ3n) is 12.7. The first kappa shape index (κ1) is 104. The molecule has 0 saturated heterocycles. The molecule has 3 aromatic heterocycles. The molecule has 3 heterocycles. The standard InChI is InChI=1S/C18H18O6.C11H8O3.C10H6O4.C9H10O2.C8H8O3.2C8H10.C2H6.2CH2O3.4K.2H/c1-4-22-17(20)14(18(21)23-5-2)9-12-10-24-15-7-6-11(3)8-13(15)16(12)19;1-7-2-3-10-9(4-7)11(13)8(5-12)6-14-10;11-4-6-5-14-9-2-1-7(12)3-8(9)10(6)13;1-6-3-4-9(11)8(5-6)7(2)10;1-5(9)7-4-6(10)2-3-8(7)11;2*1-2-8-6-4-3-5-7-8;1-2;2*2-1-4-3;;;;;;/h6-10H,4-5H2,1-3H3;2-6H,1H3;1-5,12H;3-5,11H,1-2H3;2-4,10-11H,1H3;2*3-7H,2H2,1H3;1-2H3;2*1,3H;;;;;;/q;;;;;;;;;;4*+1;2*-1/p-2. The molecule has 24 nitrogen and oxygen atoms in total. The number of ketones is 2. The minimum atomic E-state index is -0.848. The van der Waals surface area contributed by atoms with Gasteiger partial charge in [-0.25, -0.2) is 9.59 Å². The Kier molecular flexibility index (Phi) is 60.5. The predicted octanol–water partition coefficient (Wildman–Crippen LogP) is -0.326. The van der Waals surface area contributed by atoms with Crippen LogP contribution in [0.3, 0.4) is 0 Å². The number of ether oxygens (including phenoxy) is 2. The van der Waals surface area contributed by atoms with Crippen molar-refractivity contribution in [1.29, 1.82) is 0 Å². The number of aryl methyl sites for hydroxylation is 5. The first-order chi connectivity index (χ1) is 47.8. The number of Topliss-reactive ketones (excluding diaryl/α,β-unsaturated/α-hetero) is 2. The van der Waals surface area contributed by atoms with E-state index in [-0.39, 0.29) is 313 Å². The molecule has 4 N–H and O–H groups in total. The molecule has 0 bridgehead atoms. The summed E-state index contributed by atoms with van der Waals surface area (Å²) in [6.07, 6.45) is 7.86. The molecule has 0 aliphatic rings. The van der Waals surface area contributed by atoms with E-state index in [0.717, 1.165) is 41.9 Å². The molecule has 0 fully saturated rings. The van der Waals surface area contributed by atoms with E-state index in [1.54, 1.807) is 50.2 Å². The Labute approximate surface area is 773 Å². The average molecular weight is 1530 g/mol. The van der Waals surface area contributed by atoms with E-state index >= 15 is 0 Å². The molecule has 0 saturated carbocycles. The minimum absolute atomic E-state index is 0. The summed E-state index contributed by atoms with van der Waals surface area (Å²) >= 11 is 0. The van der Waals surface area contributed by atoms with Crippen LogP contribution in [0, 0.1) is 20.8 Å². The van der Waals surface area contributed by atoms with Gasteiger partial charge in [0.05, 0.1) is 57.2 Å². The van der Waals surface area contributed by atoms with Crippen LogP contribution in [-0.2, 0) is 51.3 Å². The molecular formula is C76H80K4O24. The van der Waals surface area contributed by atoms with E-state index in [9.17, 15) is 48.3 Å². The van der Waals surface area contributed by atoms with Crippen molar-refractivity contribution < 1.29 is 310 Å². The number of benzene rings is 7. The Balaban J connectivity index is -0.000000274. The summed E-state index contributed by atoms with van der Waals surface area (Å²) in [5.74, 6) is -2.16. The minimum Gasteiger partial charge on any atom is -1.00 e. The second kappa shape index (κ2) is 60.2. The van der Waals surface area contributed by atoms with Gasteiger partial charge in [0.25, 0.3) is 12.9 Å². The van der Waals surface area contributed by atoms with Gasteiger partial charge in [0.1, 0.15) is 64.1 Å². The Morgan fingerprint density at radius 1 is 0.442 bits per heavy atom. The summed E-state index contributed by atoms with van der Waals surface area (Å²) in [6, 6.07) is 44.4. The van der Waals surface area contributed by atoms with Crippen molar-refractivity contribution in [2.45, 2.75) is 89.0 Å². The van der Waals surface area contributed by atoms with Gasteiger partial charge in [-0.2, -0.15) is 0 Å². The first-order valence-electron chi connectivity index (χ1n) is 30.4. The molecule has 10 rings (SSSR count). The van der Waals surface area contributed by atoms with Crippen LogP contribution in [0.2, 0.25) is 0 Å². The predicted molar refractivity (Wildman–Crippen MR) is 373 cm³/mol. The summed E-state index contributed by atoms with van der Waals surface area (Å²) in [4.78, 5) is 125. The molecule has 0 atom stereocenters. The van der Waals surface area contributed by atoms with Gasteiger partial charge in [0.15, 0.2) is 29.6 Å². The topological polar surface area (TPSA) is 391 Å². The monoisotopic (exact) mass is 1530 g/mol. The zero-order valence-electron chi connectivity index (χ0n) is 62.8.